The fraction of sp³-hybridized carbons (Fsp3) is 0.364. The Morgan fingerprint density at radius 3 is 2.64 bits per heavy atom. The highest BCUT2D eigenvalue weighted by Gasteiger charge is 2.19. The monoisotopic (exact) mass is 397 g/mol. The van der Waals surface area contributed by atoms with Crippen LogP contribution in [0, 0.1) is 13.8 Å². The van der Waals surface area contributed by atoms with Crippen LogP contribution in [0.3, 0.4) is 0 Å². The van der Waals surface area contributed by atoms with Crippen molar-refractivity contribution in [3.63, 3.8) is 0 Å². The minimum Gasteiger partial charge on any atom is -0.383 e. The van der Waals surface area contributed by atoms with Gasteiger partial charge in [0.05, 0.1) is 30.3 Å². The van der Waals surface area contributed by atoms with Gasteiger partial charge in [0, 0.05) is 31.1 Å². The van der Waals surface area contributed by atoms with Crippen molar-refractivity contribution in [2.45, 2.75) is 32.0 Å². The lowest BCUT2D eigenvalue weighted by Gasteiger charge is -2.17. The van der Waals surface area contributed by atoms with Crippen LogP contribution in [0.2, 0.25) is 0 Å². The average molecular weight is 398 g/mol. The zero-order valence-electron chi connectivity index (χ0n) is 17.1. The van der Waals surface area contributed by atoms with Gasteiger partial charge in [-0.1, -0.05) is 42.1 Å². The Balaban J connectivity index is 1.73. The van der Waals surface area contributed by atoms with E-state index in [-0.39, 0.29) is 11.8 Å². The van der Waals surface area contributed by atoms with Crippen LogP contribution >= 0.6 is 11.8 Å². The summed E-state index contributed by atoms with van der Waals surface area (Å²) in [5, 5.41) is 0.841. The first-order valence-electron chi connectivity index (χ1n) is 9.34. The molecule has 0 unspecified atom stereocenters. The lowest BCUT2D eigenvalue weighted by molar-refractivity contribution is 0.102. The van der Waals surface area contributed by atoms with E-state index in [0.717, 1.165) is 33.4 Å². The zero-order valence-corrected chi connectivity index (χ0v) is 17.9. The number of nitrogens with zero attached hydrogens (tertiary/aromatic N) is 3. The molecule has 3 rings (SSSR count). The van der Waals surface area contributed by atoms with Gasteiger partial charge in [0.2, 0.25) is 0 Å². The third kappa shape index (κ3) is 4.08. The van der Waals surface area contributed by atoms with E-state index in [4.69, 9.17) is 4.74 Å². The Bertz CT molecular complexity index is 960. The largest absolute Gasteiger partial charge is 0.383 e. The first-order chi connectivity index (χ1) is 13.4. The van der Waals surface area contributed by atoms with Gasteiger partial charge in [-0.2, -0.15) is 0 Å². The maximum Gasteiger partial charge on any atom is 0.175 e. The molecule has 0 spiro atoms. The number of ketones is 1. The van der Waals surface area contributed by atoms with Gasteiger partial charge < -0.3 is 13.9 Å². The Morgan fingerprint density at radius 2 is 1.96 bits per heavy atom. The lowest BCUT2D eigenvalue weighted by Crippen LogP contribution is -2.14. The first kappa shape index (κ1) is 20.4. The number of rotatable bonds is 8. The maximum atomic E-state index is 12.9. The fourth-order valence-corrected chi connectivity index (χ4v) is 4.50. The van der Waals surface area contributed by atoms with Gasteiger partial charge in [-0.25, -0.2) is 4.98 Å². The number of hydrogen-bond donors (Lipinski definition) is 0. The number of aryl methyl sites for hydroxylation is 1. The summed E-state index contributed by atoms with van der Waals surface area (Å²) in [5.41, 5.74) is 5.02. The summed E-state index contributed by atoms with van der Waals surface area (Å²) >= 11 is 1.48. The summed E-state index contributed by atoms with van der Waals surface area (Å²) in [7, 11) is 3.68. The SMILES string of the molecule is COC[C@H](C)n1c(C)cc(C(=O)CSc2ncc(-c3ccccc3)n2C)c1C. The van der Waals surface area contributed by atoms with Gasteiger partial charge in [-0.05, 0) is 32.4 Å². The molecule has 2 aromatic heterocycles. The smallest absolute Gasteiger partial charge is 0.175 e. The van der Waals surface area contributed by atoms with Crippen LogP contribution in [0.25, 0.3) is 11.3 Å². The highest BCUT2D eigenvalue weighted by atomic mass is 32.2. The Morgan fingerprint density at radius 1 is 1.25 bits per heavy atom. The summed E-state index contributed by atoms with van der Waals surface area (Å²) in [6, 6.07) is 12.3. The second kappa shape index (κ2) is 8.80. The summed E-state index contributed by atoms with van der Waals surface area (Å²) in [4.78, 5) is 17.4. The van der Waals surface area contributed by atoms with E-state index in [9.17, 15) is 4.79 Å². The van der Waals surface area contributed by atoms with Gasteiger partial charge in [-0.3, -0.25) is 4.79 Å². The Kier molecular flexibility index (Phi) is 6.42. The molecule has 0 aliphatic heterocycles. The van der Waals surface area contributed by atoms with Gasteiger partial charge in [-0.15, -0.1) is 0 Å². The molecule has 0 fully saturated rings. The van der Waals surface area contributed by atoms with E-state index in [1.807, 2.05) is 55.9 Å². The van der Waals surface area contributed by atoms with E-state index in [1.54, 1.807) is 7.11 Å². The number of carbonyl (C=O) groups is 1. The van der Waals surface area contributed by atoms with Crippen LogP contribution in [0.15, 0.2) is 47.8 Å². The third-order valence-electron chi connectivity index (χ3n) is 4.98. The maximum absolute atomic E-state index is 12.9. The van der Waals surface area contributed by atoms with Crippen LogP contribution in [0.1, 0.15) is 34.7 Å². The number of imidazole rings is 1. The van der Waals surface area contributed by atoms with Crippen LogP contribution in [-0.4, -0.2) is 39.4 Å². The molecule has 0 aliphatic carbocycles. The fourth-order valence-electron chi connectivity index (χ4n) is 3.67. The summed E-state index contributed by atoms with van der Waals surface area (Å²) in [6.45, 7) is 6.76. The van der Waals surface area contributed by atoms with Crippen LogP contribution in [-0.2, 0) is 11.8 Å². The molecule has 5 nitrogen and oxygen atoms in total. The van der Waals surface area contributed by atoms with Crippen molar-refractivity contribution in [2.75, 3.05) is 19.5 Å². The molecular weight excluding hydrogens is 370 g/mol. The molecule has 0 radical (unpaired) electrons. The molecule has 1 aromatic carbocycles. The quantitative estimate of drug-likeness (QED) is 0.409. The average Bonchev–Trinajstić information content (AvgIpc) is 3.20. The number of methoxy groups -OCH3 is 1. The molecule has 0 aliphatic rings. The summed E-state index contributed by atoms with van der Waals surface area (Å²) in [5.74, 6) is 0.486. The molecule has 0 amide bonds. The zero-order chi connectivity index (χ0) is 20.3. The number of benzene rings is 1. The molecule has 28 heavy (non-hydrogen) atoms. The summed E-state index contributed by atoms with van der Waals surface area (Å²) < 4.78 is 9.49. The highest BCUT2D eigenvalue weighted by molar-refractivity contribution is 7.99. The number of hydrogen-bond acceptors (Lipinski definition) is 4. The predicted octanol–water partition coefficient (Wildman–Crippen LogP) is 4.69. The minimum absolute atomic E-state index is 0.123. The van der Waals surface area contributed by atoms with E-state index in [1.165, 1.54) is 11.8 Å². The molecule has 148 valence electrons. The third-order valence-corrected chi connectivity index (χ3v) is 6.02. The number of aromatic nitrogens is 3. The topological polar surface area (TPSA) is 49.1 Å². The second-order valence-electron chi connectivity index (χ2n) is 7.02. The number of carbonyl (C=O) groups excluding carboxylic acids is 1. The van der Waals surface area contributed by atoms with Gasteiger partial charge >= 0.3 is 0 Å². The Labute approximate surface area is 170 Å². The predicted molar refractivity (Wildman–Crippen MR) is 114 cm³/mol. The van der Waals surface area contributed by atoms with Crippen LogP contribution < -0.4 is 0 Å². The Hall–Kier alpha value is -2.31. The number of thioether (sulfide) groups is 1. The van der Waals surface area contributed by atoms with Crippen LogP contribution in [0.5, 0.6) is 0 Å². The molecule has 2 heterocycles. The molecule has 0 N–H and O–H groups in total. The van der Waals surface area contributed by atoms with E-state index >= 15 is 0 Å². The van der Waals surface area contributed by atoms with Crippen molar-refractivity contribution in [2.24, 2.45) is 7.05 Å². The molecule has 0 saturated carbocycles. The second-order valence-corrected chi connectivity index (χ2v) is 7.96. The lowest BCUT2D eigenvalue weighted by atomic mass is 10.2. The van der Waals surface area contributed by atoms with E-state index < -0.39 is 0 Å². The highest BCUT2D eigenvalue weighted by Crippen LogP contribution is 2.27. The molecule has 0 saturated heterocycles. The van der Waals surface area contributed by atoms with Gasteiger partial charge in [0.25, 0.3) is 0 Å². The minimum atomic E-state index is 0.123. The van der Waals surface area contributed by atoms with Crippen molar-refractivity contribution >= 4 is 17.5 Å². The molecule has 0 bridgehead atoms. The summed E-state index contributed by atoms with van der Waals surface area (Å²) in [6.07, 6.45) is 1.86. The van der Waals surface area contributed by atoms with Crippen molar-refractivity contribution in [3.05, 3.63) is 59.5 Å². The van der Waals surface area contributed by atoms with E-state index in [0.29, 0.717) is 12.4 Å². The van der Waals surface area contributed by atoms with Crippen LogP contribution in [0.4, 0.5) is 0 Å². The van der Waals surface area contributed by atoms with Crippen molar-refractivity contribution < 1.29 is 9.53 Å². The standard InChI is InChI=1S/C22H27N3O2S/c1-15-11-19(17(3)25(15)16(2)13-27-5)21(26)14-28-22-23-12-20(24(22)4)18-9-7-6-8-10-18/h6-12,16H,13-14H2,1-5H3/t16-/m0/s1. The van der Waals surface area contributed by atoms with Gasteiger partial charge in [0.15, 0.2) is 10.9 Å². The molecule has 3 aromatic rings. The van der Waals surface area contributed by atoms with Crippen molar-refractivity contribution in [3.8, 4) is 11.3 Å². The number of ether oxygens (including phenoxy) is 1. The molecule has 6 heteroatoms. The van der Waals surface area contributed by atoms with E-state index in [2.05, 4.69) is 28.6 Å². The normalized spacial score (nSPS) is 12.3. The molecular formula is C22H27N3O2S. The first-order valence-corrected chi connectivity index (χ1v) is 10.3. The number of Topliss-reactive ketones (excluding diaryl/α,β-unsaturated/α-hetero) is 1. The van der Waals surface area contributed by atoms with Crippen molar-refractivity contribution in [1.29, 1.82) is 0 Å². The van der Waals surface area contributed by atoms with Gasteiger partial charge in [0.1, 0.15) is 0 Å². The molecule has 1 atom stereocenters. The van der Waals surface area contributed by atoms with Crippen molar-refractivity contribution in [1.82, 2.24) is 14.1 Å².